The molecule has 0 unspecified atom stereocenters. The molecule has 0 aromatic carbocycles. The van der Waals surface area contributed by atoms with Gasteiger partial charge in [0.25, 0.3) is 0 Å². The topological polar surface area (TPSA) is 26.3 Å². The quantitative estimate of drug-likeness (QED) is 0.462. The Morgan fingerprint density at radius 3 is 2.32 bits per heavy atom. The number of carbonyl (C=O) groups is 1. The van der Waals surface area contributed by atoms with Crippen molar-refractivity contribution in [3.63, 3.8) is 0 Å². The largest absolute Gasteiger partial charge is 0.414 e. The van der Waals surface area contributed by atoms with Gasteiger partial charge in [-0.25, -0.2) is 0 Å². The standard InChI is InChI=1S/C25H44O2Si/c1-6-28(7-2,8-3)27-19-13-15-24(4)18(17-19)9-10-20-21-11-12-23(26)25(21,5)16-14-22(20)24/h18-22H,6-17H2,1-5H3/t18-,19+,20+,21+,22+,24+,25+/m1/s1. The van der Waals surface area contributed by atoms with Crippen molar-refractivity contribution >= 4 is 14.1 Å². The van der Waals surface area contributed by atoms with Crippen molar-refractivity contribution in [3.05, 3.63) is 0 Å². The summed E-state index contributed by atoms with van der Waals surface area (Å²) in [6.07, 6.45) is 11.8. The minimum absolute atomic E-state index is 0.0270. The molecule has 0 bridgehead atoms. The van der Waals surface area contributed by atoms with Crippen LogP contribution in [0.15, 0.2) is 0 Å². The van der Waals surface area contributed by atoms with Crippen molar-refractivity contribution < 1.29 is 9.22 Å². The third-order valence-electron chi connectivity index (χ3n) is 10.7. The van der Waals surface area contributed by atoms with E-state index in [1.54, 1.807) is 0 Å². The second kappa shape index (κ2) is 7.52. The number of hydrogen-bond donors (Lipinski definition) is 0. The van der Waals surface area contributed by atoms with Crippen molar-refractivity contribution in [1.82, 2.24) is 0 Å². The van der Waals surface area contributed by atoms with Crippen LogP contribution >= 0.6 is 0 Å². The van der Waals surface area contributed by atoms with Crippen LogP contribution in [0.25, 0.3) is 0 Å². The van der Waals surface area contributed by atoms with Gasteiger partial charge in [-0.2, -0.15) is 0 Å². The summed E-state index contributed by atoms with van der Waals surface area (Å²) in [5, 5.41) is 0. The zero-order valence-electron chi connectivity index (χ0n) is 19.2. The number of rotatable bonds is 5. The molecule has 0 aromatic heterocycles. The van der Waals surface area contributed by atoms with Gasteiger partial charge in [0.1, 0.15) is 5.78 Å². The maximum atomic E-state index is 12.6. The van der Waals surface area contributed by atoms with Crippen LogP contribution in [0.5, 0.6) is 0 Å². The van der Waals surface area contributed by atoms with E-state index in [9.17, 15) is 4.79 Å². The molecule has 0 amide bonds. The summed E-state index contributed by atoms with van der Waals surface area (Å²) in [6.45, 7) is 12.0. The van der Waals surface area contributed by atoms with Crippen molar-refractivity contribution in [3.8, 4) is 0 Å². The van der Waals surface area contributed by atoms with Crippen LogP contribution < -0.4 is 0 Å². The predicted octanol–water partition coefficient (Wildman–Crippen LogP) is 6.99. The number of ketones is 1. The van der Waals surface area contributed by atoms with E-state index >= 15 is 0 Å². The van der Waals surface area contributed by atoms with Crippen molar-refractivity contribution in [2.24, 2.45) is 34.5 Å². The molecule has 0 aromatic rings. The van der Waals surface area contributed by atoms with Crippen molar-refractivity contribution in [1.29, 1.82) is 0 Å². The highest BCUT2D eigenvalue weighted by Crippen LogP contribution is 2.65. The summed E-state index contributed by atoms with van der Waals surface area (Å²) in [7, 11) is -1.49. The van der Waals surface area contributed by atoms with E-state index in [2.05, 4.69) is 34.6 Å². The van der Waals surface area contributed by atoms with Crippen molar-refractivity contribution in [2.75, 3.05) is 0 Å². The van der Waals surface area contributed by atoms with Crippen LogP contribution in [0.4, 0.5) is 0 Å². The molecule has 0 saturated heterocycles. The minimum Gasteiger partial charge on any atom is -0.414 e. The first-order chi connectivity index (χ1) is 13.3. The zero-order chi connectivity index (χ0) is 20.2. The monoisotopic (exact) mass is 404 g/mol. The lowest BCUT2D eigenvalue weighted by Crippen LogP contribution is -2.55. The number of Topliss-reactive ketones (excluding diaryl/α,β-unsaturated/α-hetero) is 1. The number of hydrogen-bond acceptors (Lipinski definition) is 2. The molecule has 4 rings (SSSR count). The molecule has 160 valence electrons. The average Bonchev–Trinajstić information content (AvgIpc) is 3.01. The maximum absolute atomic E-state index is 12.6. The normalized spacial score (nSPS) is 46.0. The van der Waals surface area contributed by atoms with Crippen LogP contribution in [0.3, 0.4) is 0 Å². The molecular weight excluding hydrogens is 360 g/mol. The maximum Gasteiger partial charge on any atom is 0.192 e. The SMILES string of the molecule is CC[Si](CC)(CC)O[C@H]1CC[C@@]2(C)[C@H](CC[C@@H]3[C@@H]2CC[C@]2(C)C(=O)CC[C@@H]32)C1. The summed E-state index contributed by atoms with van der Waals surface area (Å²) in [4.78, 5) is 12.6. The molecule has 0 radical (unpaired) electrons. The van der Waals surface area contributed by atoms with E-state index in [4.69, 9.17) is 4.43 Å². The Morgan fingerprint density at radius 2 is 1.64 bits per heavy atom. The van der Waals surface area contributed by atoms with Crippen LogP contribution in [0, 0.1) is 34.5 Å². The molecule has 4 fully saturated rings. The van der Waals surface area contributed by atoms with Gasteiger partial charge >= 0.3 is 0 Å². The van der Waals surface area contributed by atoms with Gasteiger partial charge in [-0.05, 0) is 98.6 Å². The highest BCUT2D eigenvalue weighted by Gasteiger charge is 2.60. The lowest BCUT2D eigenvalue weighted by Gasteiger charge is -2.60. The summed E-state index contributed by atoms with van der Waals surface area (Å²) in [5.74, 6) is 3.80. The molecular formula is C25H44O2Si. The van der Waals surface area contributed by atoms with E-state index in [0.29, 0.717) is 23.2 Å². The van der Waals surface area contributed by atoms with Crippen LogP contribution in [0.1, 0.15) is 92.4 Å². The van der Waals surface area contributed by atoms with E-state index in [1.165, 1.54) is 63.1 Å². The Balaban J connectivity index is 1.48. The molecule has 2 nitrogen and oxygen atoms in total. The first kappa shape index (κ1) is 21.1. The molecule has 0 aliphatic heterocycles. The minimum atomic E-state index is -1.49. The number of fused-ring (bicyclic) bond motifs is 5. The second-order valence-electron chi connectivity index (χ2n) is 11.3. The van der Waals surface area contributed by atoms with E-state index < -0.39 is 8.32 Å². The summed E-state index contributed by atoms with van der Waals surface area (Å²) in [5.41, 5.74) is 0.532. The Kier molecular flexibility index (Phi) is 5.66. The first-order valence-electron chi connectivity index (χ1n) is 12.5. The fourth-order valence-corrected chi connectivity index (χ4v) is 11.4. The lowest BCUT2D eigenvalue weighted by atomic mass is 9.45. The lowest BCUT2D eigenvalue weighted by molar-refractivity contribution is -0.141. The van der Waals surface area contributed by atoms with E-state index in [1.807, 2.05) is 0 Å². The highest BCUT2D eigenvalue weighted by atomic mass is 28.4. The molecule has 0 spiro atoms. The third kappa shape index (κ3) is 3.09. The molecule has 4 aliphatic rings. The molecule has 7 atom stereocenters. The summed E-state index contributed by atoms with van der Waals surface area (Å²) >= 11 is 0. The molecule has 4 aliphatic carbocycles. The number of carbonyl (C=O) groups excluding carboxylic acids is 1. The van der Waals surface area contributed by atoms with Gasteiger partial charge in [-0.1, -0.05) is 34.6 Å². The van der Waals surface area contributed by atoms with Gasteiger partial charge in [0.2, 0.25) is 0 Å². The third-order valence-corrected chi connectivity index (χ3v) is 15.4. The Hall–Kier alpha value is -0.153. The van der Waals surface area contributed by atoms with Gasteiger partial charge in [-0.15, -0.1) is 0 Å². The Bertz CT molecular complexity index is 591. The Labute approximate surface area is 174 Å². The van der Waals surface area contributed by atoms with Gasteiger partial charge in [0, 0.05) is 17.9 Å². The Morgan fingerprint density at radius 1 is 0.929 bits per heavy atom. The smallest absolute Gasteiger partial charge is 0.192 e. The second-order valence-corrected chi connectivity index (χ2v) is 16.1. The van der Waals surface area contributed by atoms with E-state index in [0.717, 1.165) is 30.6 Å². The van der Waals surface area contributed by atoms with Crippen molar-refractivity contribution in [2.45, 2.75) is 117 Å². The molecule has 3 heteroatoms. The summed E-state index contributed by atoms with van der Waals surface area (Å²) < 4.78 is 6.95. The molecule has 0 N–H and O–H groups in total. The highest BCUT2D eigenvalue weighted by molar-refractivity contribution is 6.73. The van der Waals surface area contributed by atoms with Crippen LogP contribution in [-0.2, 0) is 9.22 Å². The molecule has 28 heavy (non-hydrogen) atoms. The van der Waals surface area contributed by atoms with Crippen LogP contribution in [0.2, 0.25) is 18.1 Å². The van der Waals surface area contributed by atoms with Crippen LogP contribution in [-0.4, -0.2) is 20.2 Å². The first-order valence-corrected chi connectivity index (χ1v) is 15.1. The average molecular weight is 405 g/mol. The molecule has 4 saturated carbocycles. The zero-order valence-corrected chi connectivity index (χ0v) is 20.2. The van der Waals surface area contributed by atoms with Gasteiger partial charge < -0.3 is 4.43 Å². The van der Waals surface area contributed by atoms with Gasteiger partial charge in [0.15, 0.2) is 8.32 Å². The van der Waals surface area contributed by atoms with Gasteiger partial charge in [0.05, 0.1) is 0 Å². The molecule has 0 heterocycles. The fraction of sp³-hybridized carbons (Fsp3) is 0.960. The predicted molar refractivity (Wildman–Crippen MR) is 119 cm³/mol. The summed E-state index contributed by atoms with van der Waals surface area (Å²) in [6, 6.07) is 3.83. The van der Waals surface area contributed by atoms with Gasteiger partial charge in [-0.3, -0.25) is 4.79 Å². The fourth-order valence-electron chi connectivity index (χ4n) is 8.45. The van der Waals surface area contributed by atoms with E-state index in [-0.39, 0.29) is 5.41 Å².